The van der Waals surface area contributed by atoms with Crippen LogP contribution in [0.1, 0.15) is 28.9 Å². The maximum Gasteiger partial charge on any atom is 0.341 e. The topological polar surface area (TPSA) is 143 Å². The van der Waals surface area contributed by atoms with Gasteiger partial charge in [-0.2, -0.15) is 0 Å². The number of amides is 1. The zero-order valence-corrected chi connectivity index (χ0v) is 14.8. The molecule has 1 amide bonds. The number of nitrogens with one attached hydrogen (secondary N) is 1. The Bertz CT molecular complexity index is 945. The number of non-ortho nitro benzene ring substituents is 1. The van der Waals surface area contributed by atoms with E-state index in [1.54, 1.807) is 25.1 Å². The number of carbonyl (C=O) groups excluding carboxylic acids is 2. The second kappa shape index (κ2) is 7.82. The van der Waals surface area contributed by atoms with E-state index < -0.39 is 23.4 Å². The van der Waals surface area contributed by atoms with Crippen molar-refractivity contribution < 1.29 is 28.7 Å². The van der Waals surface area contributed by atoms with Crippen LogP contribution in [0.3, 0.4) is 0 Å². The van der Waals surface area contributed by atoms with Gasteiger partial charge in [-0.15, -0.1) is 0 Å². The molecule has 0 spiro atoms. The Morgan fingerprint density at radius 2 is 2.00 bits per heavy atom. The highest BCUT2D eigenvalue weighted by Crippen LogP contribution is 2.34. The van der Waals surface area contributed by atoms with Gasteiger partial charge in [0.25, 0.3) is 11.6 Å². The van der Waals surface area contributed by atoms with E-state index >= 15 is 0 Å². The molecule has 28 heavy (non-hydrogen) atoms. The van der Waals surface area contributed by atoms with Crippen molar-refractivity contribution in [2.24, 2.45) is 0 Å². The SMILES string of the molecule is C[C@H](NC(=O)COC(=O)c1cc([N+](=O)[O-])ccc1N)c1ccc2c(c1)OCO2. The largest absolute Gasteiger partial charge is 0.454 e. The van der Waals surface area contributed by atoms with Crippen LogP contribution in [-0.2, 0) is 9.53 Å². The van der Waals surface area contributed by atoms with Gasteiger partial charge in [0.1, 0.15) is 0 Å². The predicted molar refractivity (Wildman–Crippen MR) is 96.9 cm³/mol. The first-order chi connectivity index (χ1) is 13.3. The number of fused-ring (bicyclic) bond motifs is 1. The van der Waals surface area contributed by atoms with Crippen LogP contribution in [-0.4, -0.2) is 30.2 Å². The zero-order chi connectivity index (χ0) is 20.3. The molecule has 3 N–H and O–H groups in total. The van der Waals surface area contributed by atoms with Crippen molar-refractivity contribution in [3.05, 3.63) is 57.6 Å². The van der Waals surface area contributed by atoms with E-state index in [0.717, 1.165) is 11.6 Å². The van der Waals surface area contributed by atoms with Gasteiger partial charge in [-0.05, 0) is 30.7 Å². The maximum atomic E-state index is 12.1. The maximum absolute atomic E-state index is 12.1. The van der Waals surface area contributed by atoms with Gasteiger partial charge < -0.3 is 25.3 Å². The van der Waals surface area contributed by atoms with Gasteiger partial charge in [0.2, 0.25) is 6.79 Å². The van der Waals surface area contributed by atoms with Crippen LogP contribution in [0.25, 0.3) is 0 Å². The molecule has 2 aromatic rings. The normalized spacial score (nSPS) is 12.9. The van der Waals surface area contributed by atoms with E-state index in [1.165, 1.54) is 12.1 Å². The van der Waals surface area contributed by atoms with Crippen molar-refractivity contribution in [2.75, 3.05) is 19.1 Å². The Morgan fingerprint density at radius 3 is 2.75 bits per heavy atom. The van der Waals surface area contributed by atoms with Gasteiger partial charge in [-0.25, -0.2) is 4.79 Å². The highest BCUT2D eigenvalue weighted by Gasteiger charge is 2.20. The fourth-order valence-electron chi connectivity index (χ4n) is 2.59. The number of nitro benzene ring substituents is 1. The third-order valence-electron chi connectivity index (χ3n) is 4.08. The number of esters is 1. The van der Waals surface area contributed by atoms with E-state index in [4.69, 9.17) is 19.9 Å². The Kier molecular flexibility index (Phi) is 5.30. The standard InChI is InChI=1S/C18H17N3O7/c1-10(11-2-5-15-16(6-11)28-9-27-15)20-17(22)8-26-18(23)13-7-12(21(24)25)3-4-14(13)19/h2-7,10H,8-9,19H2,1H3,(H,20,22)/t10-/m0/s1. The minimum absolute atomic E-state index is 0.0183. The van der Waals surface area contributed by atoms with Crippen LogP contribution < -0.4 is 20.5 Å². The molecule has 1 aliphatic heterocycles. The molecule has 1 atom stereocenters. The zero-order valence-electron chi connectivity index (χ0n) is 14.8. The highest BCUT2D eigenvalue weighted by atomic mass is 16.7. The van der Waals surface area contributed by atoms with Crippen LogP contribution in [0.2, 0.25) is 0 Å². The van der Waals surface area contributed by atoms with E-state index in [2.05, 4.69) is 5.32 Å². The van der Waals surface area contributed by atoms with Crippen molar-refractivity contribution in [1.82, 2.24) is 5.32 Å². The summed E-state index contributed by atoms with van der Waals surface area (Å²) in [6, 6.07) is 8.32. The van der Waals surface area contributed by atoms with E-state index in [0.29, 0.717) is 11.5 Å². The highest BCUT2D eigenvalue weighted by molar-refractivity contribution is 5.97. The van der Waals surface area contributed by atoms with Crippen molar-refractivity contribution >= 4 is 23.3 Å². The number of anilines is 1. The summed E-state index contributed by atoms with van der Waals surface area (Å²) in [7, 11) is 0. The molecule has 0 fully saturated rings. The molecule has 0 bridgehead atoms. The lowest BCUT2D eigenvalue weighted by Gasteiger charge is -2.15. The van der Waals surface area contributed by atoms with E-state index in [-0.39, 0.29) is 29.8 Å². The average molecular weight is 387 g/mol. The second-order valence-electron chi connectivity index (χ2n) is 6.01. The van der Waals surface area contributed by atoms with Crippen LogP contribution in [0.15, 0.2) is 36.4 Å². The van der Waals surface area contributed by atoms with Crippen molar-refractivity contribution in [3.8, 4) is 11.5 Å². The summed E-state index contributed by atoms with van der Waals surface area (Å²) in [5, 5.41) is 13.5. The number of hydrogen-bond donors (Lipinski definition) is 2. The summed E-state index contributed by atoms with van der Waals surface area (Å²) in [6.45, 7) is 1.35. The van der Waals surface area contributed by atoms with Crippen LogP contribution in [0, 0.1) is 10.1 Å². The van der Waals surface area contributed by atoms with E-state index in [9.17, 15) is 19.7 Å². The number of ether oxygens (including phenoxy) is 3. The molecule has 2 aromatic carbocycles. The van der Waals surface area contributed by atoms with E-state index in [1.807, 2.05) is 0 Å². The number of nitrogens with two attached hydrogens (primary N) is 1. The number of nitrogens with zero attached hydrogens (tertiary/aromatic N) is 1. The molecule has 10 heteroatoms. The van der Waals surface area contributed by atoms with Gasteiger partial charge in [0, 0.05) is 17.8 Å². The van der Waals surface area contributed by atoms with Gasteiger partial charge in [-0.1, -0.05) is 6.07 Å². The van der Waals surface area contributed by atoms with Crippen molar-refractivity contribution in [3.63, 3.8) is 0 Å². The third-order valence-corrected chi connectivity index (χ3v) is 4.08. The number of hydrogen-bond acceptors (Lipinski definition) is 8. The molecule has 0 radical (unpaired) electrons. The third kappa shape index (κ3) is 4.11. The molecule has 0 aromatic heterocycles. The van der Waals surface area contributed by atoms with Crippen molar-refractivity contribution in [1.29, 1.82) is 0 Å². The fourth-order valence-corrected chi connectivity index (χ4v) is 2.59. The molecule has 0 unspecified atom stereocenters. The quantitative estimate of drug-likeness (QED) is 0.331. The summed E-state index contributed by atoms with van der Waals surface area (Å²) in [5.41, 5.74) is 5.98. The molecular weight excluding hydrogens is 370 g/mol. The molecule has 10 nitrogen and oxygen atoms in total. The lowest BCUT2D eigenvalue weighted by Crippen LogP contribution is -2.31. The predicted octanol–water partition coefficient (Wildman–Crippen LogP) is 1.94. The average Bonchev–Trinajstić information content (AvgIpc) is 3.14. The monoisotopic (exact) mass is 387 g/mol. The van der Waals surface area contributed by atoms with Gasteiger partial charge in [0.15, 0.2) is 18.1 Å². The summed E-state index contributed by atoms with van der Waals surface area (Å²) < 4.78 is 15.4. The molecule has 1 heterocycles. The number of benzene rings is 2. The van der Waals surface area contributed by atoms with Crippen molar-refractivity contribution in [2.45, 2.75) is 13.0 Å². The van der Waals surface area contributed by atoms with Gasteiger partial charge in [-0.3, -0.25) is 14.9 Å². The van der Waals surface area contributed by atoms with Crippen LogP contribution >= 0.6 is 0 Å². The van der Waals surface area contributed by atoms with Crippen LogP contribution in [0.5, 0.6) is 11.5 Å². The lowest BCUT2D eigenvalue weighted by molar-refractivity contribution is -0.384. The van der Waals surface area contributed by atoms with Gasteiger partial charge >= 0.3 is 5.97 Å². The first-order valence-electron chi connectivity index (χ1n) is 8.25. The summed E-state index contributed by atoms with van der Waals surface area (Å²) in [6.07, 6.45) is 0. The number of rotatable bonds is 6. The first-order valence-corrected chi connectivity index (χ1v) is 8.25. The first kappa shape index (κ1) is 19.0. The number of nitro groups is 1. The Hall–Kier alpha value is -3.82. The number of nitrogen functional groups attached to an aromatic ring is 1. The molecular formula is C18H17N3O7. The Labute approximate surface area is 159 Å². The molecule has 0 saturated heterocycles. The molecule has 0 saturated carbocycles. The Morgan fingerprint density at radius 1 is 1.25 bits per heavy atom. The molecule has 1 aliphatic rings. The summed E-state index contributed by atoms with van der Waals surface area (Å²) in [4.78, 5) is 34.3. The fraction of sp³-hybridized carbons (Fsp3) is 0.222. The number of carbonyl (C=O) groups is 2. The van der Waals surface area contributed by atoms with Gasteiger partial charge in [0.05, 0.1) is 16.5 Å². The smallest absolute Gasteiger partial charge is 0.341 e. The molecule has 0 aliphatic carbocycles. The lowest BCUT2D eigenvalue weighted by atomic mass is 10.1. The summed E-state index contributed by atoms with van der Waals surface area (Å²) in [5.74, 6) is -0.244. The molecule has 3 rings (SSSR count). The summed E-state index contributed by atoms with van der Waals surface area (Å²) >= 11 is 0. The van der Waals surface area contributed by atoms with Crippen LogP contribution in [0.4, 0.5) is 11.4 Å². The minimum Gasteiger partial charge on any atom is -0.454 e. The Balaban J connectivity index is 1.57. The minimum atomic E-state index is -0.924. The second-order valence-corrected chi connectivity index (χ2v) is 6.01. The molecule has 146 valence electrons.